The largest absolute Gasteiger partial charge is 0.366 e. The van der Waals surface area contributed by atoms with Crippen LogP contribution in [0.2, 0.25) is 0 Å². The lowest BCUT2D eigenvalue weighted by atomic mass is 10.0. The van der Waals surface area contributed by atoms with E-state index in [9.17, 15) is 0 Å². The number of piperidine rings is 1. The Kier molecular flexibility index (Phi) is 6.64. The van der Waals surface area contributed by atoms with E-state index < -0.39 is 5.79 Å². The highest BCUT2D eigenvalue weighted by Gasteiger charge is 2.36. The van der Waals surface area contributed by atoms with Gasteiger partial charge < -0.3 is 19.7 Å². The van der Waals surface area contributed by atoms with E-state index in [1.165, 1.54) is 0 Å². The summed E-state index contributed by atoms with van der Waals surface area (Å²) in [5, 5.41) is 8.63. The van der Waals surface area contributed by atoms with Gasteiger partial charge >= 0.3 is 0 Å². The first-order valence-electron chi connectivity index (χ1n) is 9.88. The van der Waals surface area contributed by atoms with Gasteiger partial charge in [-0.2, -0.15) is 15.1 Å². The molecule has 0 unspecified atom stereocenters. The molecule has 1 aliphatic rings. The molecular formula is C20H30N6O2. The Hall–Kier alpha value is -2.45. The van der Waals surface area contributed by atoms with Crippen molar-refractivity contribution in [1.29, 1.82) is 0 Å². The molecule has 8 heteroatoms. The maximum absolute atomic E-state index is 5.94. The molecule has 2 aromatic heterocycles. The molecule has 0 spiro atoms. The van der Waals surface area contributed by atoms with Crippen LogP contribution in [0.15, 0.2) is 31.5 Å². The quantitative estimate of drug-likeness (QED) is 0.497. The van der Waals surface area contributed by atoms with Crippen molar-refractivity contribution in [3.63, 3.8) is 0 Å². The summed E-state index contributed by atoms with van der Waals surface area (Å²) in [4.78, 5) is 11.8. The van der Waals surface area contributed by atoms with Crippen LogP contribution in [0.5, 0.6) is 0 Å². The van der Waals surface area contributed by atoms with Crippen molar-refractivity contribution < 1.29 is 9.47 Å². The summed E-state index contributed by atoms with van der Waals surface area (Å²) in [6.07, 6.45) is 6.96. The number of rotatable bonds is 10. The van der Waals surface area contributed by atoms with E-state index in [2.05, 4.69) is 28.5 Å². The predicted octanol–water partition coefficient (Wildman–Crippen LogP) is 2.98. The Morgan fingerprint density at radius 1 is 1.14 bits per heavy atom. The highest BCUT2D eigenvalue weighted by Crippen LogP contribution is 2.31. The topological polar surface area (TPSA) is 77.3 Å². The molecule has 0 aliphatic carbocycles. The number of nitrogens with zero attached hydrogens (tertiary/aromatic N) is 5. The summed E-state index contributed by atoms with van der Waals surface area (Å²) in [5.41, 5.74) is 0.794. The van der Waals surface area contributed by atoms with Gasteiger partial charge in [0.15, 0.2) is 11.4 Å². The van der Waals surface area contributed by atoms with Crippen molar-refractivity contribution in [2.45, 2.75) is 39.0 Å². The molecule has 28 heavy (non-hydrogen) atoms. The molecule has 0 atom stereocenters. The average Bonchev–Trinajstić information content (AvgIpc) is 3.10. The molecule has 0 aromatic carbocycles. The Bertz CT molecular complexity index is 802. The van der Waals surface area contributed by atoms with Gasteiger partial charge in [-0.15, -0.1) is 13.2 Å². The number of ether oxygens (including phenoxy) is 2. The molecule has 1 saturated heterocycles. The molecule has 0 saturated carbocycles. The summed E-state index contributed by atoms with van der Waals surface area (Å²) < 4.78 is 13.7. The number of hydrogen-bond donors (Lipinski definition) is 1. The molecular weight excluding hydrogens is 356 g/mol. The number of fused-ring (bicyclic) bond motifs is 1. The van der Waals surface area contributed by atoms with Crippen LogP contribution in [-0.2, 0) is 16.0 Å². The maximum Gasteiger partial charge on any atom is 0.229 e. The molecule has 3 rings (SSSR count). The molecule has 1 fully saturated rings. The van der Waals surface area contributed by atoms with Gasteiger partial charge in [0.2, 0.25) is 5.95 Å². The molecule has 8 nitrogen and oxygen atoms in total. The van der Waals surface area contributed by atoms with Crippen LogP contribution in [0.25, 0.3) is 11.0 Å². The first kappa shape index (κ1) is 20.3. The second kappa shape index (κ2) is 9.16. The molecule has 3 heterocycles. The van der Waals surface area contributed by atoms with Crippen LogP contribution in [-0.4, -0.2) is 58.4 Å². The minimum Gasteiger partial charge on any atom is -0.366 e. The van der Waals surface area contributed by atoms with Crippen LogP contribution >= 0.6 is 0 Å². The van der Waals surface area contributed by atoms with Crippen molar-refractivity contribution >= 4 is 22.8 Å². The van der Waals surface area contributed by atoms with Gasteiger partial charge in [0.05, 0.1) is 18.1 Å². The van der Waals surface area contributed by atoms with Crippen molar-refractivity contribution in [3.05, 3.63) is 31.5 Å². The number of anilines is 2. The molecule has 0 amide bonds. The lowest BCUT2D eigenvalue weighted by molar-refractivity contribution is -0.242. The Morgan fingerprint density at radius 3 is 2.46 bits per heavy atom. The molecule has 152 valence electrons. The third-order valence-corrected chi connectivity index (χ3v) is 4.82. The second-order valence-electron chi connectivity index (χ2n) is 6.66. The van der Waals surface area contributed by atoms with Gasteiger partial charge in [0.1, 0.15) is 5.82 Å². The smallest absolute Gasteiger partial charge is 0.229 e. The van der Waals surface area contributed by atoms with Crippen LogP contribution < -0.4 is 10.2 Å². The normalized spacial score (nSPS) is 16.3. The summed E-state index contributed by atoms with van der Waals surface area (Å²) in [5.74, 6) is 0.951. The Morgan fingerprint density at radius 2 is 1.86 bits per heavy atom. The number of aromatic nitrogens is 4. The van der Waals surface area contributed by atoms with Gasteiger partial charge in [-0.25, -0.2) is 4.68 Å². The monoisotopic (exact) mass is 386 g/mol. The zero-order valence-corrected chi connectivity index (χ0v) is 16.9. The Labute approximate surface area is 166 Å². The van der Waals surface area contributed by atoms with Crippen molar-refractivity contribution in [3.8, 4) is 0 Å². The predicted molar refractivity (Wildman–Crippen MR) is 112 cm³/mol. The fourth-order valence-corrected chi connectivity index (χ4v) is 3.55. The first-order chi connectivity index (χ1) is 13.7. The molecule has 2 aromatic rings. The second-order valence-corrected chi connectivity index (χ2v) is 6.66. The zero-order valence-electron chi connectivity index (χ0n) is 16.9. The highest BCUT2D eigenvalue weighted by molar-refractivity contribution is 5.87. The number of nitrogens with one attached hydrogen (secondary N) is 1. The van der Waals surface area contributed by atoms with Crippen LogP contribution in [0.3, 0.4) is 0 Å². The SMILES string of the molecule is C=CCNc1nc(N2CCC(OCC)(OCC)CC2)nc2c1cnn2CC=C. The van der Waals surface area contributed by atoms with Crippen LogP contribution in [0.1, 0.15) is 26.7 Å². The van der Waals surface area contributed by atoms with Crippen LogP contribution in [0.4, 0.5) is 11.8 Å². The van der Waals surface area contributed by atoms with Gasteiger partial charge in [-0.1, -0.05) is 12.2 Å². The van der Waals surface area contributed by atoms with Crippen molar-refractivity contribution in [2.75, 3.05) is 43.1 Å². The van der Waals surface area contributed by atoms with Gasteiger partial charge in [0, 0.05) is 45.7 Å². The first-order valence-corrected chi connectivity index (χ1v) is 9.88. The van der Waals surface area contributed by atoms with E-state index in [1.54, 1.807) is 12.3 Å². The standard InChI is InChI=1S/C20H30N6O2/c1-5-11-21-17-16-15-22-26(12-6-2)18(16)24-19(23-17)25-13-9-20(10-14-25,27-7-3)28-8-4/h5-6,15H,1-2,7-14H2,3-4H3,(H,21,23,24). The maximum atomic E-state index is 5.94. The number of hydrogen-bond acceptors (Lipinski definition) is 7. The van der Waals surface area contributed by atoms with Crippen LogP contribution in [0, 0.1) is 0 Å². The minimum absolute atomic E-state index is 0.501. The van der Waals surface area contributed by atoms with Gasteiger partial charge in [-0.3, -0.25) is 0 Å². The summed E-state index contributed by atoms with van der Waals surface area (Å²) in [7, 11) is 0. The number of allylic oxidation sites excluding steroid dienone is 1. The van der Waals surface area contributed by atoms with E-state index in [0.29, 0.717) is 32.3 Å². The van der Waals surface area contributed by atoms with Gasteiger partial charge in [-0.05, 0) is 13.8 Å². The minimum atomic E-state index is -0.501. The van der Waals surface area contributed by atoms with Crippen molar-refractivity contribution in [1.82, 2.24) is 19.7 Å². The zero-order chi connectivity index (χ0) is 20.0. The van der Waals surface area contributed by atoms with E-state index in [-0.39, 0.29) is 0 Å². The average molecular weight is 387 g/mol. The van der Waals surface area contributed by atoms with E-state index >= 15 is 0 Å². The third-order valence-electron chi connectivity index (χ3n) is 4.82. The lowest BCUT2D eigenvalue weighted by Crippen LogP contribution is -2.48. The lowest BCUT2D eigenvalue weighted by Gasteiger charge is -2.41. The fourth-order valence-electron chi connectivity index (χ4n) is 3.55. The van der Waals surface area contributed by atoms with E-state index in [0.717, 1.165) is 42.8 Å². The Balaban J connectivity index is 1.89. The van der Waals surface area contributed by atoms with E-state index in [4.69, 9.17) is 19.4 Å². The van der Waals surface area contributed by atoms with Gasteiger partial charge in [0.25, 0.3) is 0 Å². The summed E-state index contributed by atoms with van der Waals surface area (Å²) in [6, 6.07) is 0. The van der Waals surface area contributed by atoms with E-state index in [1.807, 2.05) is 24.6 Å². The molecule has 0 radical (unpaired) electrons. The third kappa shape index (κ3) is 4.18. The molecule has 1 aliphatic heterocycles. The molecule has 0 bridgehead atoms. The highest BCUT2D eigenvalue weighted by atomic mass is 16.7. The summed E-state index contributed by atoms with van der Waals surface area (Å²) >= 11 is 0. The van der Waals surface area contributed by atoms with Crippen molar-refractivity contribution in [2.24, 2.45) is 0 Å². The molecule has 1 N–H and O–H groups in total. The fraction of sp³-hybridized carbons (Fsp3) is 0.550. The summed E-state index contributed by atoms with van der Waals surface area (Å²) in [6.45, 7) is 15.6.